The molecule has 1 heterocycles. The normalized spacial score (nSPS) is 11.0. The summed E-state index contributed by atoms with van der Waals surface area (Å²) >= 11 is 0. The van der Waals surface area contributed by atoms with Gasteiger partial charge in [0.2, 0.25) is 0 Å². The number of hydrogen-bond donors (Lipinski definition) is 0. The first-order chi connectivity index (χ1) is 18.7. The number of aromatic nitrogens is 1. The minimum absolute atomic E-state index is 0.0511. The van der Waals surface area contributed by atoms with Gasteiger partial charge in [0.25, 0.3) is 0 Å². The van der Waals surface area contributed by atoms with Crippen molar-refractivity contribution in [3.8, 4) is 0 Å². The van der Waals surface area contributed by atoms with E-state index in [0.29, 0.717) is 79.3 Å². The Morgan fingerprint density at radius 3 is 1.11 bits per heavy atom. The fourth-order valence-electron chi connectivity index (χ4n) is 2.58. The first-order valence-electron chi connectivity index (χ1n) is 12.4. The average Bonchev–Trinajstić information content (AvgIpc) is 2.94. The van der Waals surface area contributed by atoms with Crippen LogP contribution in [-0.4, -0.2) is 137 Å². The third-order valence-corrected chi connectivity index (χ3v) is 4.48. The van der Waals surface area contributed by atoms with E-state index < -0.39 is 11.9 Å². The number of ether oxygens (including phenoxy) is 10. The smallest absolute Gasteiger partial charge is 0.339 e. The van der Waals surface area contributed by atoms with Gasteiger partial charge in [-0.1, -0.05) is 0 Å². The highest BCUT2D eigenvalue weighted by Gasteiger charge is 2.13. The third kappa shape index (κ3) is 18.9. The second-order valence-corrected chi connectivity index (χ2v) is 7.39. The maximum Gasteiger partial charge on any atom is 0.339 e. The highest BCUT2D eigenvalue weighted by atomic mass is 16.6. The van der Waals surface area contributed by atoms with Gasteiger partial charge in [-0.15, -0.1) is 0 Å². The van der Waals surface area contributed by atoms with Crippen LogP contribution in [0, 0.1) is 0 Å². The molecule has 0 amide bonds. The van der Waals surface area contributed by atoms with E-state index in [1.165, 1.54) is 18.5 Å². The molecular weight excluding hydrogens is 506 g/mol. The van der Waals surface area contributed by atoms with E-state index in [9.17, 15) is 9.59 Å². The molecule has 13 heteroatoms. The largest absolute Gasteiger partial charge is 0.460 e. The molecule has 218 valence electrons. The molecule has 1 aromatic rings. The van der Waals surface area contributed by atoms with Gasteiger partial charge in [0.05, 0.1) is 104 Å². The Balaban J connectivity index is 2.06. The van der Waals surface area contributed by atoms with Crippen molar-refractivity contribution in [2.45, 2.75) is 0 Å². The predicted molar refractivity (Wildman–Crippen MR) is 133 cm³/mol. The summed E-state index contributed by atoms with van der Waals surface area (Å²) in [5.74, 6) is -1.24. The first-order valence-corrected chi connectivity index (χ1v) is 12.4. The predicted octanol–water partition coefficient (Wildman–Crippen LogP) is 0.788. The van der Waals surface area contributed by atoms with Crippen molar-refractivity contribution in [1.29, 1.82) is 0 Å². The lowest BCUT2D eigenvalue weighted by molar-refractivity contribution is -0.00562. The maximum absolute atomic E-state index is 12.2. The lowest BCUT2D eigenvalue weighted by atomic mass is 10.2. The zero-order chi connectivity index (χ0) is 27.5. The lowest BCUT2D eigenvalue weighted by Gasteiger charge is -2.09. The molecule has 0 N–H and O–H groups in total. The maximum atomic E-state index is 12.2. The summed E-state index contributed by atoms with van der Waals surface area (Å²) in [6.45, 7) is 6.09. The Bertz CT molecular complexity index is 666. The van der Waals surface area contributed by atoms with Crippen LogP contribution in [0.2, 0.25) is 0 Å². The lowest BCUT2D eigenvalue weighted by Crippen LogP contribution is -2.16. The van der Waals surface area contributed by atoms with Gasteiger partial charge >= 0.3 is 11.9 Å². The van der Waals surface area contributed by atoms with Crippen LogP contribution in [0.3, 0.4) is 0 Å². The molecule has 13 nitrogen and oxygen atoms in total. The molecule has 0 aliphatic rings. The van der Waals surface area contributed by atoms with Gasteiger partial charge in [0.15, 0.2) is 0 Å². The molecule has 0 fully saturated rings. The molecule has 0 atom stereocenters. The van der Waals surface area contributed by atoms with E-state index >= 15 is 0 Å². The van der Waals surface area contributed by atoms with Crippen LogP contribution in [-0.2, 0) is 47.4 Å². The summed E-state index contributed by atoms with van der Waals surface area (Å²) in [7, 11) is 3.23. The van der Waals surface area contributed by atoms with Gasteiger partial charge in [-0.05, 0) is 6.07 Å². The molecule has 0 saturated heterocycles. The average molecular weight is 548 g/mol. The summed E-state index contributed by atoms with van der Waals surface area (Å²) in [6.07, 6.45) is 2.63. The van der Waals surface area contributed by atoms with Gasteiger partial charge in [-0.2, -0.15) is 0 Å². The Morgan fingerprint density at radius 2 is 0.789 bits per heavy atom. The second-order valence-electron chi connectivity index (χ2n) is 7.39. The molecule has 1 aromatic heterocycles. The van der Waals surface area contributed by atoms with Gasteiger partial charge in [-0.3, -0.25) is 4.98 Å². The molecule has 0 aromatic carbocycles. The molecule has 38 heavy (non-hydrogen) atoms. The third-order valence-electron chi connectivity index (χ3n) is 4.48. The number of methoxy groups -OCH3 is 2. The van der Waals surface area contributed by atoms with Crippen molar-refractivity contribution in [1.82, 2.24) is 4.98 Å². The van der Waals surface area contributed by atoms with Gasteiger partial charge in [0.1, 0.15) is 13.2 Å². The molecule has 0 aliphatic heterocycles. The first kappa shape index (κ1) is 33.8. The van der Waals surface area contributed by atoms with E-state index in [4.69, 9.17) is 47.4 Å². The van der Waals surface area contributed by atoms with Crippen LogP contribution in [0.5, 0.6) is 0 Å². The molecule has 0 aliphatic carbocycles. The van der Waals surface area contributed by atoms with Gasteiger partial charge in [-0.25, -0.2) is 9.59 Å². The quantitative estimate of drug-likeness (QED) is 0.119. The van der Waals surface area contributed by atoms with E-state index in [2.05, 4.69) is 4.98 Å². The minimum Gasteiger partial charge on any atom is -0.460 e. The molecule has 0 unspecified atom stereocenters. The van der Waals surface area contributed by atoms with Crippen molar-refractivity contribution >= 4 is 11.9 Å². The Kier molecular flexibility index (Phi) is 22.3. The summed E-state index contributed by atoms with van der Waals surface area (Å²) < 4.78 is 52.0. The molecule has 0 saturated carbocycles. The summed E-state index contributed by atoms with van der Waals surface area (Å²) in [6, 6.07) is 1.37. The summed E-state index contributed by atoms with van der Waals surface area (Å²) in [5, 5.41) is 0. The number of nitrogens with zero attached hydrogens (tertiary/aromatic N) is 1. The zero-order valence-electron chi connectivity index (χ0n) is 22.4. The molecule has 0 bridgehead atoms. The minimum atomic E-state index is -0.618. The van der Waals surface area contributed by atoms with Gasteiger partial charge < -0.3 is 47.4 Å². The number of esters is 2. The Morgan fingerprint density at radius 1 is 0.500 bits per heavy atom. The Hall–Kier alpha value is -2.23. The van der Waals surface area contributed by atoms with Crippen LogP contribution in [0.1, 0.15) is 20.7 Å². The van der Waals surface area contributed by atoms with Crippen molar-refractivity contribution in [2.24, 2.45) is 0 Å². The number of hydrogen-bond acceptors (Lipinski definition) is 13. The fourth-order valence-corrected chi connectivity index (χ4v) is 2.58. The van der Waals surface area contributed by atoms with E-state index in [-0.39, 0.29) is 37.6 Å². The van der Waals surface area contributed by atoms with E-state index in [0.717, 1.165) is 0 Å². The van der Waals surface area contributed by atoms with Crippen molar-refractivity contribution in [2.75, 3.05) is 120 Å². The highest BCUT2D eigenvalue weighted by molar-refractivity contribution is 5.94. The van der Waals surface area contributed by atoms with Crippen LogP contribution in [0.25, 0.3) is 0 Å². The Labute approximate surface area is 223 Å². The van der Waals surface area contributed by atoms with Crippen molar-refractivity contribution in [3.63, 3.8) is 0 Å². The summed E-state index contributed by atoms with van der Waals surface area (Å²) in [5.41, 5.74) is 0.270. The number of carbonyl (C=O) groups excluding carboxylic acids is 2. The number of pyridine rings is 1. The highest BCUT2D eigenvalue weighted by Crippen LogP contribution is 2.06. The number of carbonyl (C=O) groups is 2. The second kappa shape index (κ2) is 25.1. The topological polar surface area (TPSA) is 139 Å². The monoisotopic (exact) mass is 547 g/mol. The van der Waals surface area contributed by atoms with Crippen molar-refractivity contribution < 1.29 is 57.0 Å². The SMILES string of the molecule is COCCOCCOCCOCCOC(=O)c1cncc(C(=O)OCCOCCOCCOCCOC)c1. The molecular formula is C25H41NO12. The summed E-state index contributed by atoms with van der Waals surface area (Å²) in [4.78, 5) is 28.3. The zero-order valence-corrected chi connectivity index (χ0v) is 22.4. The fraction of sp³-hybridized carbons (Fsp3) is 0.720. The van der Waals surface area contributed by atoms with Gasteiger partial charge in [0, 0.05) is 26.6 Å². The molecule has 0 spiro atoms. The van der Waals surface area contributed by atoms with Crippen LogP contribution in [0.4, 0.5) is 0 Å². The van der Waals surface area contributed by atoms with Crippen LogP contribution >= 0.6 is 0 Å². The van der Waals surface area contributed by atoms with Crippen LogP contribution in [0.15, 0.2) is 18.5 Å². The van der Waals surface area contributed by atoms with Crippen molar-refractivity contribution in [3.05, 3.63) is 29.6 Å². The molecule has 1 rings (SSSR count). The number of rotatable bonds is 26. The van der Waals surface area contributed by atoms with E-state index in [1.54, 1.807) is 14.2 Å². The molecule has 0 radical (unpaired) electrons. The van der Waals surface area contributed by atoms with Crippen LogP contribution < -0.4 is 0 Å². The standard InChI is InChI=1S/C25H41NO12/c1-29-3-5-31-7-9-33-11-13-35-15-17-37-24(27)22-19-23(21-26-20-22)25(28)38-18-16-36-14-12-34-10-8-32-6-4-30-2/h19-21H,3-18H2,1-2H3. The van der Waals surface area contributed by atoms with E-state index in [1.807, 2.05) is 0 Å².